The van der Waals surface area contributed by atoms with Crippen molar-refractivity contribution in [3.8, 4) is 5.75 Å². The molecule has 2 aromatic rings. The molecule has 1 aliphatic heterocycles. The number of hydrogen-bond donors (Lipinski definition) is 2. The number of urea groups is 1. The molecule has 1 atom stereocenters. The summed E-state index contributed by atoms with van der Waals surface area (Å²) >= 11 is 0. The molecule has 1 aliphatic rings. The molecule has 0 aliphatic carbocycles. The van der Waals surface area contributed by atoms with E-state index in [0.717, 1.165) is 17.1 Å². The topological polar surface area (TPSA) is 70.7 Å². The van der Waals surface area contributed by atoms with Crippen LogP contribution in [0.5, 0.6) is 5.75 Å². The van der Waals surface area contributed by atoms with E-state index < -0.39 is 0 Å². The summed E-state index contributed by atoms with van der Waals surface area (Å²) < 4.78 is 5.14. The second-order valence-electron chi connectivity index (χ2n) is 5.97. The summed E-state index contributed by atoms with van der Waals surface area (Å²) in [5, 5.41) is 5.61. The van der Waals surface area contributed by atoms with Gasteiger partial charge in [-0.15, -0.1) is 0 Å². The Labute approximate surface area is 146 Å². The number of para-hydroxylation sites is 1. The predicted molar refractivity (Wildman–Crippen MR) is 96.9 cm³/mol. The molecule has 2 aromatic carbocycles. The zero-order valence-corrected chi connectivity index (χ0v) is 14.1. The third-order valence-corrected chi connectivity index (χ3v) is 4.17. The maximum atomic E-state index is 12.2. The molecule has 1 saturated heterocycles. The minimum atomic E-state index is -0.262. The lowest BCUT2D eigenvalue weighted by Gasteiger charge is -2.17. The molecule has 0 spiro atoms. The summed E-state index contributed by atoms with van der Waals surface area (Å²) in [5.74, 6) is 0.919. The first-order valence-electron chi connectivity index (χ1n) is 8.20. The number of amides is 3. The third kappa shape index (κ3) is 4.29. The summed E-state index contributed by atoms with van der Waals surface area (Å²) in [4.78, 5) is 25.9. The summed E-state index contributed by atoms with van der Waals surface area (Å²) in [7, 11) is 1.61. The van der Waals surface area contributed by atoms with Gasteiger partial charge in [-0.25, -0.2) is 4.79 Å². The maximum absolute atomic E-state index is 12.2. The summed E-state index contributed by atoms with van der Waals surface area (Å²) in [6.07, 6.45) is 0.428. The van der Waals surface area contributed by atoms with Gasteiger partial charge in [0.25, 0.3) is 0 Å². The van der Waals surface area contributed by atoms with Gasteiger partial charge >= 0.3 is 6.03 Å². The average molecular weight is 339 g/mol. The number of hydrogen-bond acceptors (Lipinski definition) is 3. The Balaban J connectivity index is 1.51. The van der Waals surface area contributed by atoms with Gasteiger partial charge in [-0.1, -0.05) is 18.2 Å². The van der Waals surface area contributed by atoms with E-state index in [1.807, 2.05) is 54.6 Å². The molecular formula is C19H21N3O3. The van der Waals surface area contributed by atoms with Crippen molar-refractivity contribution in [1.82, 2.24) is 5.32 Å². The highest BCUT2D eigenvalue weighted by Gasteiger charge is 2.30. The Bertz CT molecular complexity index is 731. The van der Waals surface area contributed by atoms with Crippen molar-refractivity contribution >= 4 is 23.3 Å². The molecule has 3 rings (SSSR count). The number of carbonyl (C=O) groups is 2. The Morgan fingerprint density at radius 1 is 1.16 bits per heavy atom. The maximum Gasteiger partial charge on any atom is 0.319 e. The van der Waals surface area contributed by atoms with Crippen molar-refractivity contribution in [2.45, 2.75) is 6.42 Å². The Hall–Kier alpha value is -3.02. The fraction of sp³-hybridized carbons (Fsp3) is 0.263. The monoisotopic (exact) mass is 339 g/mol. The van der Waals surface area contributed by atoms with E-state index in [0.29, 0.717) is 19.5 Å². The summed E-state index contributed by atoms with van der Waals surface area (Å²) in [5.41, 5.74) is 1.59. The van der Waals surface area contributed by atoms with E-state index in [1.54, 1.807) is 12.0 Å². The Morgan fingerprint density at radius 3 is 2.56 bits per heavy atom. The van der Waals surface area contributed by atoms with Gasteiger partial charge in [-0.05, 0) is 36.4 Å². The Morgan fingerprint density at radius 2 is 1.88 bits per heavy atom. The van der Waals surface area contributed by atoms with Crippen LogP contribution in [0.4, 0.5) is 16.2 Å². The molecule has 0 bridgehead atoms. The van der Waals surface area contributed by atoms with Crippen LogP contribution in [0.25, 0.3) is 0 Å². The van der Waals surface area contributed by atoms with Gasteiger partial charge < -0.3 is 20.3 Å². The molecule has 0 radical (unpaired) electrons. The Kier molecular flexibility index (Phi) is 5.18. The quantitative estimate of drug-likeness (QED) is 0.880. The van der Waals surface area contributed by atoms with Crippen molar-refractivity contribution in [2.75, 3.05) is 30.4 Å². The van der Waals surface area contributed by atoms with Crippen molar-refractivity contribution in [1.29, 1.82) is 0 Å². The second-order valence-corrected chi connectivity index (χ2v) is 5.97. The fourth-order valence-electron chi connectivity index (χ4n) is 2.86. The van der Waals surface area contributed by atoms with Crippen LogP contribution < -0.4 is 20.3 Å². The number of anilines is 2. The average Bonchev–Trinajstić information content (AvgIpc) is 3.02. The highest BCUT2D eigenvalue weighted by atomic mass is 16.5. The van der Waals surface area contributed by atoms with Crippen LogP contribution in [-0.4, -0.2) is 32.1 Å². The molecule has 1 heterocycles. The molecule has 6 nitrogen and oxygen atoms in total. The van der Waals surface area contributed by atoms with E-state index in [9.17, 15) is 9.59 Å². The van der Waals surface area contributed by atoms with Crippen molar-refractivity contribution < 1.29 is 14.3 Å². The molecule has 0 saturated carbocycles. The van der Waals surface area contributed by atoms with Crippen LogP contribution >= 0.6 is 0 Å². The molecule has 130 valence electrons. The van der Waals surface area contributed by atoms with Gasteiger partial charge in [0.2, 0.25) is 5.91 Å². The van der Waals surface area contributed by atoms with Crippen LogP contribution in [0.1, 0.15) is 6.42 Å². The number of benzene rings is 2. The first kappa shape index (κ1) is 16.8. The van der Waals surface area contributed by atoms with Crippen LogP contribution in [0.3, 0.4) is 0 Å². The number of methoxy groups -OCH3 is 1. The van der Waals surface area contributed by atoms with Gasteiger partial charge in [0.05, 0.1) is 7.11 Å². The SMILES string of the molecule is COc1ccc(N2CC(CNC(=O)Nc3ccccc3)CC2=O)cc1. The zero-order chi connectivity index (χ0) is 17.6. The minimum Gasteiger partial charge on any atom is -0.497 e. The highest BCUT2D eigenvalue weighted by molar-refractivity contribution is 5.96. The lowest BCUT2D eigenvalue weighted by molar-refractivity contribution is -0.117. The van der Waals surface area contributed by atoms with E-state index in [1.165, 1.54) is 0 Å². The highest BCUT2D eigenvalue weighted by Crippen LogP contribution is 2.26. The minimum absolute atomic E-state index is 0.0698. The lowest BCUT2D eigenvalue weighted by Crippen LogP contribution is -2.34. The number of nitrogens with zero attached hydrogens (tertiary/aromatic N) is 1. The van der Waals surface area contributed by atoms with Crippen molar-refractivity contribution in [3.05, 3.63) is 54.6 Å². The molecule has 2 N–H and O–H groups in total. The van der Waals surface area contributed by atoms with Crippen molar-refractivity contribution in [3.63, 3.8) is 0 Å². The number of rotatable bonds is 5. The molecular weight excluding hydrogens is 318 g/mol. The van der Waals surface area contributed by atoms with E-state index in [4.69, 9.17) is 4.74 Å². The van der Waals surface area contributed by atoms with Gasteiger partial charge in [0.1, 0.15) is 5.75 Å². The van der Waals surface area contributed by atoms with Gasteiger partial charge in [-0.3, -0.25) is 4.79 Å². The lowest BCUT2D eigenvalue weighted by atomic mass is 10.1. The molecule has 25 heavy (non-hydrogen) atoms. The second kappa shape index (κ2) is 7.70. The van der Waals surface area contributed by atoms with Gasteiger partial charge in [0, 0.05) is 36.8 Å². The molecule has 6 heteroatoms. The molecule has 3 amide bonds. The van der Waals surface area contributed by atoms with E-state index in [-0.39, 0.29) is 17.9 Å². The first-order chi connectivity index (χ1) is 12.2. The third-order valence-electron chi connectivity index (χ3n) is 4.17. The fourth-order valence-corrected chi connectivity index (χ4v) is 2.86. The largest absolute Gasteiger partial charge is 0.497 e. The van der Waals surface area contributed by atoms with E-state index in [2.05, 4.69) is 10.6 Å². The number of nitrogens with one attached hydrogen (secondary N) is 2. The normalized spacial score (nSPS) is 16.6. The first-order valence-corrected chi connectivity index (χ1v) is 8.20. The van der Waals surface area contributed by atoms with Gasteiger partial charge in [0.15, 0.2) is 0 Å². The van der Waals surface area contributed by atoms with Crippen LogP contribution in [0, 0.1) is 5.92 Å². The van der Waals surface area contributed by atoms with E-state index >= 15 is 0 Å². The van der Waals surface area contributed by atoms with Crippen LogP contribution in [0.2, 0.25) is 0 Å². The standard InChI is InChI=1S/C19H21N3O3/c1-25-17-9-7-16(8-10-17)22-13-14(11-18(22)23)12-20-19(24)21-15-5-3-2-4-6-15/h2-10,14H,11-13H2,1H3,(H2,20,21,24). The summed E-state index contributed by atoms with van der Waals surface area (Å²) in [6, 6.07) is 16.4. The zero-order valence-electron chi connectivity index (χ0n) is 14.1. The van der Waals surface area contributed by atoms with Crippen LogP contribution in [0.15, 0.2) is 54.6 Å². The van der Waals surface area contributed by atoms with Gasteiger partial charge in [-0.2, -0.15) is 0 Å². The number of ether oxygens (including phenoxy) is 1. The smallest absolute Gasteiger partial charge is 0.319 e. The van der Waals surface area contributed by atoms with Crippen molar-refractivity contribution in [2.24, 2.45) is 5.92 Å². The molecule has 1 unspecified atom stereocenters. The van der Waals surface area contributed by atoms with Crippen LogP contribution in [-0.2, 0) is 4.79 Å². The molecule has 1 fully saturated rings. The number of carbonyl (C=O) groups excluding carboxylic acids is 2. The molecule has 0 aromatic heterocycles. The predicted octanol–water partition coefficient (Wildman–Crippen LogP) is 2.87. The summed E-state index contributed by atoms with van der Waals surface area (Å²) in [6.45, 7) is 1.05.